The molecule has 0 radical (unpaired) electrons. The van der Waals surface area contributed by atoms with Crippen LogP contribution in [-0.4, -0.2) is 0 Å². The molecule has 0 aliphatic heterocycles. The third-order valence-corrected chi connectivity index (χ3v) is 3.98. The highest BCUT2D eigenvalue weighted by Gasteiger charge is 2.03. The molecule has 5 heteroatoms. The highest BCUT2D eigenvalue weighted by molar-refractivity contribution is 6.31. The first kappa shape index (κ1) is 17.2. The van der Waals surface area contributed by atoms with Crippen LogP contribution < -0.4 is 10.1 Å². The van der Waals surface area contributed by atoms with Crippen LogP contribution in [0, 0.1) is 11.6 Å². The van der Waals surface area contributed by atoms with Crippen LogP contribution in [0.2, 0.25) is 5.02 Å². The summed E-state index contributed by atoms with van der Waals surface area (Å²) in [6.07, 6.45) is 0. The van der Waals surface area contributed by atoms with Gasteiger partial charge < -0.3 is 10.1 Å². The highest BCUT2D eigenvalue weighted by Crippen LogP contribution is 2.20. The molecule has 0 heterocycles. The Morgan fingerprint density at radius 3 is 2.36 bits per heavy atom. The maximum absolute atomic E-state index is 13.6. The average molecular weight is 360 g/mol. The first-order chi connectivity index (χ1) is 12.1. The fraction of sp³-hybridized carbons (Fsp3) is 0.100. The lowest BCUT2D eigenvalue weighted by Gasteiger charge is -2.10. The quantitative estimate of drug-likeness (QED) is 0.599. The molecule has 3 aromatic rings. The van der Waals surface area contributed by atoms with Crippen LogP contribution in [0.25, 0.3) is 0 Å². The van der Waals surface area contributed by atoms with Crippen molar-refractivity contribution in [2.75, 3.05) is 5.32 Å². The number of hydrogen-bond donors (Lipinski definition) is 1. The van der Waals surface area contributed by atoms with Gasteiger partial charge in [-0.1, -0.05) is 41.9 Å². The topological polar surface area (TPSA) is 21.3 Å². The molecule has 0 fully saturated rings. The van der Waals surface area contributed by atoms with E-state index in [4.69, 9.17) is 16.3 Å². The molecule has 0 aliphatic carbocycles. The molecule has 0 bridgehead atoms. The normalized spacial score (nSPS) is 10.5. The smallest absolute Gasteiger partial charge is 0.141 e. The molecule has 0 aromatic heterocycles. The summed E-state index contributed by atoms with van der Waals surface area (Å²) in [5.74, 6) is -0.0540. The molecule has 25 heavy (non-hydrogen) atoms. The van der Waals surface area contributed by atoms with Crippen molar-refractivity contribution < 1.29 is 13.5 Å². The van der Waals surface area contributed by atoms with Gasteiger partial charge in [-0.15, -0.1) is 0 Å². The molecule has 0 amide bonds. The van der Waals surface area contributed by atoms with Crippen molar-refractivity contribution >= 4 is 17.3 Å². The molecule has 1 N–H and O–H groups in total. The van der Waals surface area contributed by atoms with Crippen molar-refractivity contribution in [1.82, 2.24) is 0 Å². The highest BCUT2D eigenvalue weighted by atomic mass is 35.5. The Morgan fingerprint density at radius 2 is 1.64 bits per heavy atom. The van der Waals surface area contributed by atoms with Crippen LogP contribution >= 0.6 is 11.6 Å². The summed E-state index contributed by atoms with van der Waals surface area (Å²) < 4.78 is 32.3. The number of halogens is 3. The Bertz CT molecular complexity index is 853. The summed E-state index contributed by atoms with van der Waals surface area (Å²) in [7, 11) is 0. The molecule has 0 saturated carbocycles. The van der Waals surface area contributed by atoms with Crippen LogP contribution in [0.1, 0.15) is 11.1 Å². The Kier molecular flexibility index (Phi) is 5.51. The Morgan fingerprint density at radius 1 is 0.880 bits per heavy atom. The molecular weight excluding hydrogens is 344 g/mol. The maximum Gasteiger partial charge on any atom is 0.141 e. The van der Waals surface area contributed by atoms with Crippen LogP contribution in [0.3, 0.4) is 0 Å². The Balaban J connectivity index is 1.55. The molecule has 0 aliphatic rings. The minimum absolute atomic E-state index is 0.0851. The van der Waals surface area contributed by atoms with Gasteiger partial charge in [0.25, 0.3) is 0 Å². The van der Waals surface area contributed by atoms with Crippen molar-refractivity contribution in [2.45, 2.75) is 13.2 Å². The van der Waals surface area contributed by atoms with Gasteiger partial charge in [-0.25, -0.2) is 8.78 Å². The number of anilines is 1. The van der Waals surface area contributed by atoms with Gasteiger partial charge in [0.15, 0.2) is 0 Å². The van der Waals surface area contributed by atoms with Gasteiger partial charge in [0.1, 0.15) is 24.0 Å². The van der Waals surface area contributed by atoms with E-state index in [1.54, 1.807) is 30.3 Å². The van der Waals surface area contributed by atoms with Gasteiger partial charge in [-0.3, -0.25) is 0 Å². The predicted molar refractivity (Wildman–Crippen MR) is 95.9 cm³/mol. The predicted octanol–water partition coefficient (Wildman–Crippen LogP) is 5.81. The van der Waals surface area contributed by atoms with E-state index in [0.717, 1.165) is 11.3 Å². The van der Waals surface area contributed by atoms with E-state index in [1.165, 1.54) is 12.1 Å². The fourth-order valence-corrected chi connectivity index (χ4v) is 2.47. The summed E-state index contributed by atoms with van der Waals surface area (Å²) in [5, 5.41) is 3.26. The molecular formula is C20H16ClF2NO. The van der Waals surface area contributed by atoms with E-state index in [2.05, 4.69) is 5.32 Å². The van der Waals surface area contributed by atoms with Crippen LogP contribution in [0.4, 0.5) is 14.5 Å². The first-order valence-electron chi connectivity index (χ1n) is 7.76. The lowest BCUT2D eigenvalue weighted by atomic mass is 10.2. The molecule has 0 unspecified atom stereocenters. The summed E-state index contributed by atoms with van der Waals surface area (Å²) >= 11 is 5.75. The fourth-order valence-electron chi connectivity index (χ4n) is 2.29. The number of rotatable bonds is 6. The van der Waals surface area contributed by atoms with Crippen LogP contribution in [0.15, 0.2) is 66.7 Å². The van der Waals surface area contributed by atoms with Gasteiger partial charge in [0.2, 0.25) is 0 Å². The zero-order chi connectivity index (χ0) is 17.6. The molecule has 3 rings (SSSR count). The number of nitrogens with one attached hydrogen (secondary N) is 1. The van der Waals surface area contributed by atoms with Gasteiger partial charge in [-0.05, 0) is 42.0 Å². The molecule has 0 atom stereocenters. The molecule has 0 spiro atoms. The van der Waals surface area contributed by atoms with Gasteiger partial charge in [0.05, 0.1) is 5.02 Å². The molecule has 128 valence electrons. The van der Waals surface area contributed by atoms with Crippen LogP contribution in [-0.2, 0) is 13.2 Å². The second kappa shape index (κ2) is 7.99. The molecule has 0 saturated heterocycles. The zero-order valence-corrected chi connectivity index (χ0v) is 14.1. The zero-order valence-electron chi connectivity index (χ0n) is 13.3. The first-order valence-corrected chi connectivity index (χ1v) is 8.14. The minimum atomic E-state index is -0.441. The SMILES string of the molecule is Fc1ccc(NCc2ccc(OCc3ccccc3F)cc2)cc1Cl. The second-order valence-corrected chi connectivity index (χ2v) is 5.91. The van der Waals surface area contributed by atoms with E-state index in [-0.39, 0.29) is 17.4 Å². The lowest BCUT2D eigenvalue weighted by molar-refractivity contribution is 0.300. The van der Waals surface area contributed by atoms with Crippen molar-refractivity contribution in [1.29, 1.82) is 0 Å². The molecule has 2 nitrogen and oxygen atoms in total. The monoisotopic (exact) mass is 359 g/mol. The van der Waals surface area contributed by atoms with Gasteiger partial charge >= 0.3 is 0 Å². The van der Waals surface area contributed by atoms with Crippen molar-refractivity contribution in [2.24, 2.45) is 0 Å². The number of benzene rings is 3. The second-order valence-electron chi connectivity index (χ2n) is 5.51. The molecule has 3 aromatic carbocycles. The summed E-state index contributed by atoms with van der Waals surface area (Å²) in [6.45, 7) is 0.744. The lowest BCUT2D eigenvalue weighted by Crippen LogP contribution is -2.01. The minimum Gasteiger partial charge on any atom is -0.489 e. The summed E-state index contributed by atoms with van der Waals surface area (Å²) in [4.78, 5) is 0. The standard InChI is InChI=1S/C20H16ClF2NO/c21-18-11-16(7-10-20(18)23)24-12-14-5-8-17(9-6-14)25-13-15-3-1-2-4-19(15)22/h1-11,24H,12-13H2. The van der Waals surface area contributed by atoms with Gasteiger partial charge in [0, 0.05) is 17.8 Å². The largest absolute Gasteiger partial charge is 0.489 e. The van der Waals surface area contributed by atoms with E-state index in [1.807, 2.05) is 24.3 Å². The van der Waals surface area contributed by atoms with Gasteiger partial charge in [-0.2, -0.15) is 0 Å². The number of hydrogen-bond acceptors (Lipinski definition) is 2. The third-order valence-electron chi connectivity index (χ3n) is 3.69. The summed E-state index contributed by atoms with van der Waals surface area (Å²) in [6, 6.07) is 18.5. The number of ether oxygens (including phenoxy) is 1. The third kappa shape index (κ3) is 4.70. The van der Waals surface area contributed by atoms with E-state index >= 15 is 0 Å². The van der Waals surface area contributed by atoms with Crippen molar-refractivity contribution in [3.63, 3.8) is 0 Å². The van der Waals surface area contributed by atoms with E-state index < -0.39 is 5.82 Å². The van der Waals surface area contributed by atoms with E-state index in [0.29, 0.717) is 17.9 Å². The van der Waals surface area contributed by atoms with Crippen molar-refractivity contribution in [3.05, 3.63) is 94.5 Å². The average Bonchev–Trinajstić information content (AvgIpc) is 2.63. The Hall–Kier alpha value is -2.59. The van der Waals surface area contributed by atoms with Crippen molar-refractivity contribution in [3.8, 4) is 5.75 Å². The summed E-state index contributed by atoms with van der Waals surface area (Å²) in [5.41, 5.74) is 2.28. The maximum atomic E-state index is 13.6. The Labute approximate surface area is 150 Å². The van der Waals surface area contributed by atoms with E-state index in [9.17, 15) is 8.78 Å². The van der Waals surface area contributed by atoms with Crippen LogP contribution in [0.5, 0.6) is 5.75 Å².